The summed E-state index contributed by atoms with van der Waals surface area (Å²) in [6.07, 6.45) is 2.77. The highest BCUT2D eigenvalue weighted by molar-refractivity contribution is 9.10. The minimum atomic E-state index is -0.0202. The first-order chi connectivity index (χ1) is 8.90. The quantitative estimate of drug-likeness (QED) is 0.810. The smallest absolute Gasteiger partial charge is 0.227 e. The Morgan fingerprint density at radius 2 is 2.11 bits per heavy atom. The minimum absolute atomic E-state index is 0.0202. The van der Waals surface area contributed by atoms with E-state index < -0.39 is 0 Å². The Kier molecular flexibility index (Phi) is 6.83. The van der Waals surface area contributed by atoms with Crippen molar-refractivity contribution in [3.63, 3.8) is 0 Å². The molecule has 0 saturated heterocycles. The number of hydrogen-bond acceptors (Lipinski definition) is 2. The standard InChI is InChI=1S/C14H20BrClN2O/c1-9(4-3-5-10(2)17)14(19)18-11-6-7-13(16)12(15)8-11/h6-10H,3-5,17H2,1-2H3,(H,18,19). The summed E-state index contributed by atoms with van der Waals surface area (Å²) in [5.74, 6) is 0.00657. The normalized spacial score (nSPS) is 13.9. The number of nitrogens with one attached hydrogen (secondary N) is 1. The molecule has 5 heteroatoms. The van der Waals surface area contributed by atoms with E-state index in [1.807, 2.05) is 13.8 Å². The predicted octanol–water partition coefficient (Wildman–Crippen LogP) is 4.19. The molecule has 0 radical (unpaired) electrons. The molecule has 2 atom stereocenters. The average molecular weight is 348 g/mol. The lowest BCUT2D eigenvalue weighted by Gasteiger charge is -2.13. The largest absolute Gasteiger partial charge is 0.328 e. The van der Waals surface area contributed by atoms with Gasteiger partial charge in [0.25, 0.3) is 0 Å². The molecule has 0 spiro atoms. The van der Waals surface area contributed by atoms with Gasteiger partial charge in [-0.05, 0) is 53.9 Å². The van der Waals surface area contributed by atoms with Gasteiger partial charge in [0.1, 0.15) is 0 Å². The maximum atomic E-state index is 12.0. The van der Waals surface area contributed by atoms with Crippen LogP contribution >= 0.6 is 27.5 Å². The first-order valence-electron chi connectivity index (χ1n) is 6.41. The highest BCUT2D eigenvalue weighted by Gasteiger charge is 2.13. The van der Waals surface area contributed by atoms with Crippen LogP contribution < -0.4 is 11.1 Å². The van der Waals surface area contributed by atoms with E-state index in [2.05, 4.69) is 21.2 Å². The number of carbonyl (C=O) groups is 1. The molecule has 1 aromatic rings. The van der Waals surface area contributed by atoms with Crippen LogP contribution in [0, 0.1) is 5.92 Å². The third kappa shape index (κ3) is 5.93. The fourth-order valence-corrected chi connectivity index (χ4v) is 2.21. The molecule has 19 heavy (non-hydrogen) atoms. The van der Waals surface area contributed by atoms with Crippen molar-refractivity contribution >= 4 is 39.1 Å². The van der Waals surface area contributed by atoms with Crippen molar-refractivity contribution in [3.8, 4) is 0 Å². The van der Waals surface area contributed by atoms with Gasteiger partial charge in [0.15, 0.2) is 0 Å². The molecule has 3 nitrogen and oxygen atoms in total. The number of amides is 1. The highest BCUT2D eigenvalue weighted by atomic mass is 79.9. The fraction of sp³-hybridized carbons (Fsp3) is 0.500. The molecular weight excluding hydrogens is 328 g/mol. The molecule has 0 aliphatic rings. The van der Waals surface area contributed by atoms with Crippen molar-refractivity contribution in [1.29, 1.82) is 0 Å². The van der Waals surface area contributed by atoms with Gasteiger partial charge in [0.05, 0.1) is 5.02 Å². The fourth-order valence-electron chi connectivity index (χ4n) is 1.72. The molecule has 0 heterocycles. The second-order valence-electron chi connectivity index (χ2n) is 4.93. The summed E-state index contributed by atoms with van der Waals surface area (Å²) in [6.45, 7) is 3.91. The van der Waals surface area contributed by atoms with Gasteiger partial charge in [-0.15, -0.1) is 0 Å². The van der Waals surface area contributed by atoms with Gasteiger partial charge in [-0.3, -0.25) is 4.79 Å². The molecule has 0 fully saturated rings. The monoisotopic (exact) mass is 346 g/mol. The topological polar surface area (TPSA) is 55.1 Å². The zero-order valence-electron chi connectivity index (χ0n) is 11.2. The van der Waals surface area contributed by atoms with Crippen LogP contribution in [0.1, 0.15) is 33.1 Å². The van der Waals surface area contributed by atoms with Crippen LogP contribution in [0.25, 0.3) is 0 Å². The highest BCUT2D eigenvalue weighted by Crippen LogP contribution is 2.26. The van der Waals surface area contributed by atoms with Crippen molar-refractivity contribution in [2.75, 3.05) is 5.32 Å². The van der Waals surface area contributed by atoms with Crippen LogP contribution in [0.2, 0.25) is 5.02 Å². The molecule has 0 bridgehead atoms. The van der Waals surface area contributed by atoms with Gasteiger partial charge in [-0.1, -0.05) is 24.9 Å². The van der Waals surface area contributed by atoms with E-state index in [1.54, 1.807) is 18.2 Å². The van der Waals surface area contributed by atoms with Gasteiger partial charge in [-0.25, -0.2) is 0 Å². The molecule has 1 amide bonds. The van der Waals surface area contributed by atoms with Crippen LogP contribution in [0.3, 0.4) is 0 Å². The van der Waals surface area contributed by atoms with E-state index in [-0.39, 0.29) is 17.9 Å². The molecule has 106 valence electrons. The van der Waals surface area contributed by atoms with Crippen LogP contribution in [0.15, 0.2) is 22.7 Å². The van der Waals surface area contributed by atoms with Crippen molar-refractivity contribution in [1.82, 2.24) is 0 Å². The second-order valence-corrected chi connectivity index (χ2v) is 6.19. The number of rotatable bonds is 6. The maximum Gasteiger partial charge on any atom is 0.227 e. The van der Waals surface area contributed by atoms with Gasteiger partial charge in [0.2, 0.25) is 5.91 Å². The molecule has 0 aliphatic carbocycles. The zero-order valence-corrected chi connectivity index (χ0v) is 13.6. The molecule has 0 saturated carbocycles. The molecule has 0 aromatic heterocycles. The van der Waals surface area contributed by atoms with Crippen LogP contribution in [-0.2, 0) is 4.79 Å². The molecule has 1 aromatic carbocycles. The Balaban J connectivity index is 2.47. The first-order valence-corrected chi connectivity index (χ1v) is 7.58. The maximum absolute atomic E-state index is 12.0. The summed E-state index contributed by atoms with van der Waals surface area (Å²) in [6, 6.07) is 5.54. The Morgan fingerprint density at radius 3 is 2.68 bits per heavy atom. The Hall–Kier alpha value is -0.580. The number of anilines is 1. The number of nitrogens with two attached hydrogens (primary N) is 1. The van der Waals surface area contributed by atoms with Gasteiger partial charge >= 0.3 is 0 Å². The van der Waals surface area contributed by atoms with Crippen molar-refractivity contribution in [2.24, 2.45) is 11.7 Å². The van der Waals surface area contributed by atoms with Gasteiger partial charge < -0.3 is 11.1 Å². The summed E-state index contributed by atoms with van der Waals surface area (Å²) in [5, 5.41) is 3.52. The lowest BCUT2D eigenvalue weighted by Crippen LogP contribution is -2.21. The number of benzene rings is 1. The van der Waals surface area contributed by atoms with Crippen LogP contribution in [-0.4, -0.2) is 11.9 Å². The molecule has 3 N–H and O–H groups in total. The third-order valence-electron chi connectivity index (χ3n) is 2.93. The summed E-state index contributed by atoms with van der Waals surface area (Å²) in [4.78, 5) is 12.0. The Morgan fingerprint density at radius 1 is 1.42 bits per heavy atom. The zero-order chi connectivity index (χ0) is 14.4. The molecule has 1 rings (SSSR count). The van der Waals surface area contributed by atoms with Gasteiger partial charge in [-0.2, -0.15) is 0 Å². The Bertz CT molecular complexity index is 437. The number of halogens is 2. The van der Waals surface area contributed by atoms with Gasteiger partial charge in [0, 0.05) is 22.1 Å². The van der Waals surface area contributed by atoms with E-state index in [0.29, 0.717) is 5.02 Å². The van der Waals surface area contributed by atoms with E-state index in [4.69, 9.17) is 17.3 Å². The van der Waals surface area contributed by atoms with E-state index in [0.717, 1.165) is 29.4 Å². The van der Waals surface area contributed by atoms with E-state index in [1.165, 1.54) is 0 Å². The lowest BCUT2D eigenvalue weighted by molar-refractivity contribution is -0.119. The summed E-state index contributed by atoms with van der Waals surface area (Å²) >= 11 is 9.24. The summed E-state index contributed by atoms with van der Waals surface area (Å²) < 4.78 is 0.775. The lowest BCUT2D eigenvalue weighted by atomic mass is 10.0. The van der Waals surface area contributed by atoms with Crippen molar-refractivity contribution in [2.45, 2.75) is 39.2 Å². The second kappa shape index (κ2) is 7.88. The van der Waals surface area contributed by atoms with E-state index >= 15 is 0 Å². The van der Waals surface area contributed by atoms with Crippen LogP contribution in [0.4, 0.5) is 5.69 Å². The molecular formula is C14H20BrClN2O. The van der Waals surface area contributed by atoms with Crippen molar-refractivity contribution < 1.29 is 4.79 Å². The molecule has 2 unspecified atom stereocenters. The summed E-state index contributed by atoms with van der Waals surface area (Å²) in [5.41, 5.74) is 6.44. The van der Waals surface area contributed by atoms with E-state index in [9.17, 15) is 4.79 Å². The minimum Gasteiger partial charge on any atom is -0.328 e. The number of hydrogen-bond donors (Lipinski definition) is 2. The average Bonchev–Trinajstić information content (AvgIpc) is 2.33. The molecule has 0 aliphatic heterocycles. The SMILES string of the molecule is CC(N)CCCC(C)C(=O)Nc1ccc(Cl)c(Br)c1. The Labute approximate surface area is 128 Å². The predicted molar refractivity (Wildman–Crippen MR) is 84.4 cm³/mol. The summed E-state index contributed by atoms with van der Waals surface area (Å²) in [7, 11) is 0. The number of carbonyl (C=O) groups excluding carboxylic acids is 1. The van der Waals surface area contributed by atoms with Crippen molar-refractivity contribution in [3.05, 3.63) is 27.7 Å². The third-order valence-corrected chi connectivity index (χ3v) is 4.15. The first kappa shape index (κ1) is 16.5. The van der Waals surface area contributed by atoms with Crippen LogP contribution in [0.5, 0.6) is 0 Å².